The van der Waals surface area contributed by atoms with Crippen LogP contribution in [-0.2, 0) is 13.1 Å². The molecular weight excluding hydrogens is 436 g/mol. The maximum absolute atomic E-state index is 12.9. The number of carbonyl (C=O) groups is 2. The molecule has 1 aromatic heterocycles. The third kappa shape index (κ3) is 4.97. The van der Waals surface area contributed by atoms with Crippen LogP contribution < -0.4 is 10.9 Å². The summed E-state index contributed by atoms with van der Waals surface area (Å²) < 4.78 is 3.74. The fraction of sp³-hybridized carbons (Fsp3) is 0.409. The summed E-state index contributed by atoms with van der Waals surface area (Å²) in [5, 5.41) is 3.38. The minimum absolute atomic E-state index is 0.0428. The van der Waals surface area contributed by atoms with E-state index in [0.717, 1.165) is 12.1 Å². The Morgan fingerprint density at radius 1 is 1.16 bits per heavy atom. The van der Waals surface area contributed by atoms with Crippen LogP contribution in [0.5, 0.6) is 0 Å². The van der Waals surface area contributed by atoms with Gasteiger partial charge in [-0.05, 0) is 48.9 Å². The van der Waals surface area contributed by atoms with Gasteiger partial charge in [0.2, 0.25) is 0 Å². The quantitative estimate of drug-likeness (QED) is 0.613. The van der Waals surface area contributed by atoms with Crippen molar-refractivity contribution in [1.29, 1.82) is 0 Å². The highest BCUT2D eigenvalue weighted by molar-refractivity contribution is 7.96. The van der Waals surface area contributed by atoms with Crippen LogP contribution in [0.3, 0.4) is 0 Å². The van der Waals surface area contributed by atoms with Gasteiger partial charge in [-0.2, -0.15) is 0 Å². The zero-order chi connectivity index (χ0) is 22.0. The molecule has 2 amide bonds. The van der Waals surface area contributed by atoms with E-state index in [1.165, 1.54) is 23.5 Å². The van der Waals surface area contributed by atoms with Crippen LogP contribution in [-0.4, -0.2) is 57.5 Å². The largest absolute Gasteiger partial charge is 0.348 e. The summed E-state index contributed by atoms with van der Waals surface area (Å²) in [7, 11) is 0. The van der Waals surface area contributed by atoms with Gasteiger partial charge in [-0.15, -0.1) is 0 Å². The normalized spacial score (nSPS) is 15.8. The van der Waals surface area contributed by atoms with Crippen molar-refractivity contribution in [2.75, 3.05) is 25.9 Å². The topological polar surface area (TPSA) is 74.7 Å². The summed E-state index contributed by atoms with van der Waals surface area (Å²) in [6.07, 6.45) is 4.50. The summed E-state index contributed by atoms with van der Waals surface area (Å²) in [4.78, 5) is 40.1. The molecule has 1 aliphatic heterocycles. The molecule has 0 radical (unpaired) electrons. The van der Waals surface area contributed by atoms with E-state index in [4.69, 9.17) is 11.6 Å². The molecular formula is C22H25ClN4O3S. The molecule has 2 aromatic rings. The molecule has 2 aliphatic rings. The Morgan fingerprint density at radius 3 is 2.58 bits per heavy atom. The summed E-state index contributed by atoms with van der Waals surface area (Å²) >= 11 is 7.59. The maximum atomic E-state index is 12.9. The van der Waals surface area contributed by atoms with Gasteiger partial charge in [0.05, 0.1) is 0 Å². The van der Waals surface area contributed by atoms with Gasteiger partial charge >= 0.3 is 0 Å². The highest BCUT2D eigenvalue weighted by atomic mass is 35.5. The van der Waals surface area contributed by atoms with E-state index in [2.05, 4.69) is 15.9 Å². The Balaban J connectivity index is 1.42. The number of nitrogens with zero attached hydrogens (tertiary/aromatic N) is 3. The Hall–Kier alpha value is -2.29. The third-order valence-electron chi connectivity index (χ3n) is 5.66. The molecule has 7 nitrogen and oxygen atoms in total. The lowest BCUT2D eigenvalue weighted by Crippen LogP contribution is -2.47. The van der Waals surface area contributed by atoms with Crippen molar-refractivity contribution in [3.8, 4) is 0 Å². The fourth-order valence-corrected chi connectivity index (χ4v) is 4.64. The van der Waals surface area contributed by atoms with Gasteiger partial charge in [0.1, 0.15) is 11.3 Å². The molecule has 1 aliphatic carbocycles. The van der Waals surface area contributed by atoms with E-state index in [1.54, 1.807) is 35.0 Å². The Labute approximate surface area is 190 Å². The molecule has 1 saturated carbocycles. The number of rotatable bonds is 8. The molecule has 1 fully saturated rings. The Morgan fingerprint density at radius 2 is 1.90 bits per heavy atom. The van der Waals surface area contributed by atoms with Gasteiger partial charge in [-0.25, -0.2) is 4.31 Å². The predicted octanol–water partition coefficient (Wildman–Crippen LogP) is 2.63. The second-order valence-corrected chi connectivity index (χ2v) is 9.02. The minimum Gasteiger partial charge on any atom is -0.348 e. The van der Waals surface area contributed by atoms with Gasteiger partial charge in [0, 0.05) is 43.8 Å². The van der Waals surface area contributed by atoms with Crippen molar-refractivity contribution in [3.63, 3.8) is 0 Å². The number of carbonyl (C=O) groups excluding carboxylic acids is 2. The Bertz CT molecular complexity index is 1040. The van der Waals surface area contributed by atoms with Crippen LogP contribution in [0.15, 0.2) is 41.2 Å². The van der Waals surface area contributed by atoms with Gasteiger partial charge in [-0.1, -0.05) is 35.7 Å². The number of amides is 2. The molecule has 0 bridgehead atoms. The third-order valence-corrected chi connectivity index (χ3v) is 6.87. The van der Waals surface area contributed by atoms with E-state index in [1.807, 2.05) is 12.1 Å². The molecule has 31 heavy (non-hydrogen) atoms. The van der Waals surface area contributed by atoms with E-state index in [0.29, 0.717) is 36.4 Å². The van der Waals surface area contributed by atoms with Crippen molar-refractivity contribution < 1.29 is 9.59 Å². The standard InChI is InChI=1S/C22H25ClN4O3S/c1-31-27(17-6-7-17)13-11-25-10-12-26-19(22(25)30)9-8-18(21(26)29)20(28)24-14-15-2-4-16(23)5-3-15/h2-5,8-9,17H,6-7,10-14H2,1H3,(H,24,28). The number of pyridine rings is 1. The first kappa shape index (κ1) is 21.9. The van der Waals surface area contributed by atoms with Crippen LogP contribution in [0, 0.1) is 0 Å². The molecule has 164 valence electrons. The minimum atomic E-state index is -0.454. The summed E-state index contributed by atoms with van der Waals surface area (Å²) in [6.45, 7) is 2.59. The van der Waals surface area contributed by atoms with Crippen LogP contribution in [0.1, 0.15) is 39.3 Å². The lowest BCUT2D eigenvalue weighted by molar-refractivity contribution is 0.0691. The summed E-state index contributed by atoms with van der Waals surface area (Å²) in [5.41, 5.74) is 0.837. The lowest BCUT2D eigenvalue weighted by atomic mass is 10.1. The number of hydrogen-bond donors (Lipinski definition) is 1. The van der Waals surface area contributed by atoms with E-state index < -0.39 is 11.5 Å². The van der Waals surface area contributed by atoms with Crippen LogP contribution in [0.25, 0.3) is 0 Å². The molecule has 2 heterocycles. The number of fused-ring (bicyclic) bond motifs is 1. The number of hydrogen-bond acceptors (Lipinski definition) is 5. The predicted molar refractivity (Wildman–Crippen MR) is 122 cm³/mol. The SMILES string of the molecule is CSN(CCN1CCn2c(ccc(C(=O)NCc3ccc(Cl)cc3)c2=O)C1=O)C1CC1. The van der Waals surface area contributed by atoms with Crippen molar-refractivity contribution in [2.24, 2.45) is 0 Å². The van der Waals surface area contributed by atoms with Crippen molar-refractivity contribution in [1.82, 2.24) is 19.1 Å². The van der Waals surface area contributed by atoms with Crippen LogP contribution in [0.2, 0.25) is 5.02 Å². The van der Waals surface area contributed by atoms with E-state index in [9.17, 15) is 14.4 Å². The number of benzene rings is 1. The van der Waals surface area contributed by atoms with Crippen molar-refractivity contribution in [3.05, 3.63) is 68.6 Å². The number of aromatic nitrogens is 1. The second kappa shape index (κ2) is 9.46. The van der Waals surface area contributed by atoms with Crippen LogP contribution in [0.4, 0.5) is 0 Å². The smallest absolute Gasteiger partial charge is 0.270 e. The van der Waals surface area contributed by atoms with Crippen molar-refractivity contribution in [2.45, 2.75) is 32.0 Å². The molecule has 4 rings (SSSR count). The van der Waals surface area contributed by atoms with E-state index >= 15 is 0 Å². The first-order valence-corrected chi connectivity index (χ1v) is 11.9. The second-order valence-electron chi connectivity index (χ2n) is 7.74. The van der Waals surface area contributed by atoms with Gasteiger partial charge in [0.15, 0.2) is 0 Å². The first-order valence-electron chi connectivity index (χ1n) is 10.3. The van der Waals surface area contributed by atoms with Gasteiger partial charge < -0.3 is 14.8 Å². The highest BCUT2D eigenvalue weighted by Crippen LogP contribution is 2.30. The van der Waals surface area contributed by atoms with E-state index in [-0.39, 0.29) is 18.0 Å². The average Bonchev–Trinajstić information content (AvgIpc) is 3.61. The van der Waals surface area contributed by atoms with Crippen molar-refractivity contribution >= 4 is 35.4 Å². The molecule has 0 spiro atoms. The molecule has 0 saturated heterocycles. The van der Waals surface area contributed by atoms with Gasteiger partial charge in [-0.3, -0.25) is 14.4 Å². The lowest BCUT2D eigenvalue weighted by Gasteiger charge is -2.31. The van der Waals surface area contributed by atoms with Gasteiger partial charge in [0.25, 0.3) is 17.4 Å². The summed E-state index contributed by atoms with van der Waals surface area (Å²) in [6, 6.07) is 10.8. The number of nitrogens with one attached hydrogen (secondary N) is 1. The molecule has 1 N–H and O–H groups in total. The molecule has 0 unspecified atom stereocenters. The maximum Gasteiger partial charge on any atom is 0.270 e. The zero-order valence-corrected chi connectivity index (χ0v) is 18.9. The highest BCUT2D eigenvalue weighted by Gasteiger charge is 2.31. The Kier molecular flexibility index (Phi) is 6.69. The fourth-order valence-electron chi connectivity index (χ4n) is 3.74. The molecule has 1 aromatic carbocycles. The zero-order valence-electron chi connectivity index (χ0n) is 17.3. The monoisotopic (exact) mass is 460 g/mol. The summed E-state index contributed by atoms with van der Waals surface area (Å²) in [5.74, 6) is -0.613. The average molecular weight is 461 g/mol. The number of halogens is 1. The molecule has 9 heteroatoms. The van der Waals surface area contributed by atoms with Crippen LogP contribution >= 0.6 is 23.5 Å². The molecule has 0 atom stereocenters. The first-order chi connectivity index (χ1) is 15.0.